The average Bonchev–Trinajstić information content (AvgIpc) is 1.90. The van der Waals surface area contributed by atoms with E-state index in [1.54, 1.807) is 12.1 Å². The van der Waals surface area contributed by atoms with Crippen molar-refractivity contribution >= 4 is 0 Å². The maximum atomic E-state index is 11.8. The highest BCUT2D eigenvalue weighted by atomic mass is 19.1. The van der Waals surface area contributed by atoms with Crippen molar-refractivity contribution in [3.8, 4) is 6.07 Å². The number of halogens is 1. The van der Waals surface area contributed by atoms with Crippen molar-refractivity contribution in [2.45, 2.75) is 13.8 Å². The maximum Gasteiger partial charge on any atom is 0.124 e. The molecule has 0 aromatic heterocycles. The second-order valence-electron chi connectivity index (χ2n) is 2.18. The van der Waals surface area contributed by atoms with Crippen LogP contribution in [0.25, 0.3) is 0 Å². The average molecular weight is 139 g/mol. The number of allylic oxidation sites excluding steroid dienone is 4. The summed E-state index contributed by atoms with van der Waals surface area (Å²) in [5.74, 6) is 0. The zero-order chi connectivity index (χ0) is 7.98. The quantitative estimate of drug-likeness (QED) is 0.425. The lowest BCUT2D eigenvalue weighted by molar-refractivity contribution is 0.551. The predicted molar refractivity (Wildman–Crippen MR) is 39.1 cm³/mol. The number of nitrogens with zero attached hydrogens (tertiary/aromatic N) is 1. The molecule has 0 fully saturated rings. The fourth-order valence-corrected chi connectivity index (χ4v) is 0.379. The third kappa shape index (κ3) is 3.85. The minimum Gasteiger partial charge on any atom is -0.245 e. The van der Waals surface area contributed by atoms with Gasteiger partial charge in [-0.3, -0.25) is 0 Å². The lowest BCUT2D eigenvalue weighted by Crippen LogP contribution is -1.78. The molecular formula is C8H10FN. The summed E-state index contributed by atoms with van der Waals surface area (Å²) in [6.45, 7) is 3.10. The lowest BCUT2D eigenvalue weighted by Gasteiger charge is -1.85. The zero-order valence-electron chi connectivity index (χ0n) is 6.19. The molecule has 0 unspecified atom stereocenters. The summed E-state index contributed by atoms with van der Waals surface area (Å²) in [6.07, 6.45) is 3.22. The van der Waals surface area contributed by atoms with Crippen LogP contribution in [0, 0.1) is 11.3 Å². The second kappa shape index (κ2) is 4.75. The molecule has 0 atom stereocenters. The number of hydrogen-bond donors (Lipinski definition) is 0. The first-order valence-corrected chi connectivity index (χ1v) is 3.01. The second-order valence-corrected chi connectivity index (χ2v) is 2.18. The van der Waals surface area contributed by atoms with E-state index < -0.39 is 6.67 Å². The molecule has 54 valence electrons. The number of hydrogen-bond acceptors (Lipinski definition) is 1. The number of rotatable bonds is 2. The third-order valence-electron chi connectivity index (χ3n) is 0.905. The smallest absolute Gasteiger partial charge is 0.124 e. The van der Waals surface area contributed by atoms with E-state index in [0.29, 0.717) is 0 Å². The van der Waals surface area contributed by atoms with E-state index in [-0.39, 0.29) is 5.57 Å². The van der Waals surface area contributed by atoms with Crippen LogP contribution in [0.1, 0.15) is 13.8 Å². The Labute approximate surface area is 60.5 Å². The van der Waals surface area contributed by atoms with Gasteiger partial charge >= 0.3 is 0 Å². The molecule has 0 N–H and O–H groups in total. The molecule has 0 spiro atoms. The normalized spacial score (nSPS) is 10.4. The molecule has 0 radical (unpaired) electrons. The molecule has 0 aromatic rings. The minimum atomic E-state index is -0.680. The highest BCUT2D eigenvalue weighted by Crippen LogP contribution is 1.96. The van der Waals surface area contributed by atoms with Crippen molar-refractivity contribution in [1.29, 1.82) is 5.26 Å². The van der Waals surface area contributed by atoms with Crippen molar-refractivity contribution in [1.82, 2.24) is 0 Å². The van der Waals surface area contributed by atoms with E-state index in [9.17, 15) is 4.39 Å². The molecule has 0 saturated carbocycles. The highest BCUT2D eigenvalue weighted by molar-refractivity contribution is 5.26. The molecule has 0 aliphatic heterocycles. The SMILES string of the molecule is CC(C)=C/C=C(/C#N)CF. The third-order valence-corrected chi connectivity index (χ3v) is 0.905. The van der Waals surface area contributed by atoms with Crippen LogP contribution in [0.2, 0.25) is 0 Å². The van der Waals surface area contributed by atoms with Gasteiger partial charge in [-0.1, -0.05) is 11.6 Å². The van der Waals surface area contributed by atoms with E-state index in [4.69, 9.17) is 5.26 Å². The molecule has 0 rings (SSSR count). The van der Waals surface area contributed by atoms with Crippen molar-refractivity contribution in [3.63, 3.8) is 0 Å². The predicted octanol–water partition coefficient (Wildman–Crippen LogP) is 2.37. The van der Waals surface area contributed by atoms with Crippen molar-refractivity contribution < 1.29 is 4.39 Å². The van der Waals surface area contributed by atoms with Gasteiger partial charge < -0.3 is 0 Å². The van der Waals surface area contributed by atoms with Gasteiger partial charge in [-0.05, 0) is 19.9 Å². The monoisotopic (exact) mass is 139 g/mol. The summed E-state index contributed by atoms with van der Waals surface area (Å²) in [7, 11) is 0. The minimum absolute atomic E-state index is 0.168. The van der Waals surface area contributed by atoms with Crippen LogP contribution in [0.5, 0.6) is 0 Å². The van der Waals surface area contributed by atoms with Crippen LogP contribution in [-0.4, -0.2) is 6.67 Å². The van der Waals surface area contributed by atoms with Crippen molar-refractivity contribution in [2.75, 3.05) is 6.67 Å². The molecule has 10 heavy (non-hydrogen) atoms. The maximum absolute atomic E-state index is 11.8. The molecule has 0 aromatic carbocycles. The Morgan fingerprint density at radius 2 is 2.10 bits per heavy atom. The van der Waals surface area contributed by atoms with Crippen LogP contribution in [0.3, 0.4) is 0 Å². The van der Waals surface area contributed by atoms with Gasteiger partial charge in [0, 0.05) is 0 Å². The summed E-state index contributed by atoms with van der Waals surface area (Å²) < 4.78 is 11.8. The van der Waals surface area contributed by atoms with Crippen LogP contribution < -0.4 is 0 Å². The van der Waals surface area contributed by atoms with Gasteiger partial charge in [-0.25, -0.2) is 4.39 Å². The van der Waals surface area contributed by atoms with Gasteiger partial charge in [0.1, 0.15) is 6.67 Å². The fourth-order valence-electron chi connectivity index (χ4n) is 0.379. The van der Waals surface area contributed by atoms with Gasteiger partial charge in [-0.15, -0.1) is 0 Å². The van der Waals surface area contributed by atoms with Gasteiger partial charge in [-0.2, -0.15) is 5.26 Å². The first-order chi connectivity index (χ1) is 4.70. The fraction of sp³-hybridized carbons (Fsp3) is 0.375. The largest absolute Gasteiger partial charge is 0.245 e. The van der Waals surface area contributed by atoms with Crippen molar-refractivity contribution in [3.05, 3.63) is 23.3 Å². The Hall–Kier alpha value is -1.10. The molecule has 0 bridgehead atoms. The van der Waals surface area contributed by atoms with Crippen LogP contribution in [-0.2, 0) is 0 Å². The molecule has 0 aliphatic carbocycles. The molecule has 0 saturated heterocycles. The molecular weight excluding hydrogens is 129 g/mol. The van der Waals surface area contributed by atoms with E-state index in [2.05, 4.69) is 0 Å². The summed E-state index contributed by atoms with van der Waals surface area (Å²) in [5.41, 5.74) is 1.22. The summed E-state index contributed by atoms with van der Waals surface area (Å²) in [5, 5.41) is 8.25. The van der Waals surface area contributed by atoms with Gasteiger partial charge in [0.25, 0.3) is 0 Å². The highest BCUT2D eigenvalue weighted by Gasteiger charge is 1.88. The van der Waals surface area contributed by atoms with Crippen LogP contribution in [0.15, 0.2) is 23.3 Å². The van der Waals surface area contributed by atoms with E-state index >= 15 is 0 Å². The Balaban J connectivity index is 4.17. The molecule has 0 amide bonds. The van der Waals surface area contributed by atoms with E-state index in [1.807, 2.05) is 13.8 Å². The Morgan fingerprint density at radius 1 is 1.50 bits per heavy atom. The number of nitriles is 1. The van der Waals surface area contributed by atoms with Crippen LogP contribution in [0.4, 0.5) is 4.39 Å². The Morgan fingerprint density at radius 3 is 2.40 bits per heavy atom. The van der Waals surface area contributed by atoms with E-state index in [1.165, 1.54) is 6.08 Å². The standard InChI is InChI=1S/C8H10FN/c1-7(2)3-4-8(5-9)6-10/h3-4H,5H2,1-2H3/b8-4+. The first-order valence-electron chi connectivity index (χ1n) is 3.01. The molecule has 0 heterocycles. The summed E-state index contributed by atoms with van der Waals surface area (Å²) >= 11 is 0. The Kier molecular flexibility index (Phi) is 4.23. The Bertz CT molecular complexity index is 192. The summed E-state index contributed by atoms with van der Waals surface area (Å²) in [4.78, 5) is 0. The first kappa shape index (κ1) is 8.90. The van der Waals surface area contributed by atoms with Gasteiger partial charge in [0.2, 0.25) is 0 Å². The molecule has 0 aliphatic rings. The number of alkyl halides is 1. The lowest BCUT2D eigenvalue weighted by atomic mass is 10.2. The molecule has 1 nitrogen and oxygen atoms in total. The topological polar surface area (TPSA) is 23.8 Å². The molecule has 2 heteroatoms. The van der Waals surface area contributed by atoms with Crippen molar-refractivity contribution in [2.24, 2.45) is 0 Å². The van der Waals surface area contributed by atoms with E-state index in [0.717, 1.165) is 5.57 Å². The zero-order valence-corrected chi connectivity index (χ0v) is 6.19. The van der Waals surface area contributed by atoms with Gasteiger partial charge in [0.15, 0.2) is 0 Å². The van der Waals surface area contributed by atoms with Gasteiger partial charge in [0.05, 0.1) is 11.6 Å². The van der Waals surface area contributed by atoms with Crippen LogP contribution >= 0.6 is 0 Å². The summed E-state index contributed by atoms with van der Waals surface area (Å²) in [6, 6.07) is 1.75.